The van der Waals surface area contributed by atoms with Gasteiger partial charge in [-0.3, -0.25) is 14.4 Å². The zero-order valence-electron chi connectivity index (χ0n) is 14.2. The smallest absolute Gasteiger partial charge is 0.251 e. The number of thiophene rings is 1. The van der Waals surface area contributed by atoms with E-state index >= 15 is 0 Å². The van der Waals surface area contributed by atoms with E-state index in [4.69, 9.17) is 5.73 Å². The Morgan fingerprint density at radius 3 is 2.48 bits per heavy atom. The molecule has 0 bridgehead atoms. The molecule has 0 saturated carbocycles. The molecular formula is C18H21N3O3S. The second-order valence-electron chi connectivity index (χ2n) is 5.65. The second-order valence-corrected chi connectivity index (χ2v) is 6.91. The van der Waals surface area contributed by atoms with Crippen molar-refractivity contribution in [2.45, 2.75) is 26.2 Å². The predicted molar refractivity (Wildman–Crippen MR) is 99.9 cm³/mol. The van der Waals surface area contributed by atoms with Crippen LogP contribution in [-0.2, 0) is 9.59 Å². The minimum absolute atomic E-state index is 0.0520. The summed E-state index contributed by atoms with van der Waals surface area (Å²) in [5, 5.41) is 3.16. The maximum atomic E-state index is 12.2. The molecule has 0 saturated heterocycles. The summed E-state index contributed by atoms with van der Waals surface area (Å²) in [5.74, 6) is -0.859. The molecule has 6 nitrogen and oxygen atoms in total. The Morgan fingerprint density at radius 2 is 1.84 bits per heavy atom. The third-order valence-corrected chi connectivity index (χ3v) is 4.65. The monoisotopic (exact) mass is 359 g/mol. The van der Waals surface area contributed by atoms with Crippen LogP contribution in [0.3, 0.4) is 0 Å². The number of aryl methyl sites for hydroxylation is 1. The van der Waals surface area contributed by atoms with E-state index in [2.05, 4.69) is 5.32 Å². The molecule has 0 aliphatic heterocycles. The quantitative estimate of drug-likeness (QED) is 0.796. The number of primary amides is 1. The average molecular weight is 359 g/mol. The minimum atomic E-state index is -0.570. The lowest BCUT2D eigenvalue weighted by Crippen LogP contribution is -2.26. The first-order chi connectivity index (χ1) is 11.9. The fourth-order valence-corrected chi connectivity index (χ4v) is 3.28. The average Bonchev–Trinajstić information content (AvgIpc) is 2.95. The molecule has 1 aromatic heterocycles. The van der Waals surface area contributed by atoms with Gasteiger partial charge in [-0.2, -0.15) is 0 Å². The van der Waals surface area contributed by atoms with Gasteiger partial charge in [-0.15, -0.1) is 11.3 Å². The number of nitrogens with two attached hydrogens (primary N) is 1. The first kappa shape index (κ1) is 18.7. The van der Waals surface area contributed by atoms with Gasteiger partial charge in [0, 0.05) is 30.5 Å². The fourth-order valence-electron chi connectivity index (χ4n) is 2.34. The molecule has 0 aliphatic rings. The Morgan fingerprint density at radius 1 is 1.16 bits per heavy atom. The summed E-state index contributed by atoms with van der Waals surface area (Å²) < 4.78 is 0. The molecule has 132 valence electrons. The van der Waals surface area contributed by atoms with Crippen molar-refractivity contribution in [3.8, 4) is 0 Å². The number of carbonyl (C=O) groups excluding carboxylic acids is 3. The van der Waals surface area contributed by atoms with Gasteiger partial charge in [-0.25, -0.2) is 0 Å². The Bertz CT molecular complexity index is 771. The highest BCUT2D eigenvalue weighted by Gasteiger charge is 2.15. The van der Waals surface area contributed by atoms with Crippen LogP contribution in [0, 0.1) is 6.92 Å². The number of nitrogens with zero attached hydrogens (tertiary/aromatic N) is 1. The first-order valence-electron chi connectivity index (χ1n) is 7.90. The van der Waals surface area contributed by atoms with Crippen molar-refractivity contribution in [3.05, 3.63) is 46.8 Å². The molecule has 3 amide bonds. The van der Waals surface area contributed by atoms with E-state index < -0.39 is 5.91 Å². The van der Waals surface area contributed by atoms with Gasteiger partial charge in [0.1, 0.15) is 5.00 Å². The first-order valence-corrected chi connectivity index (χ1v) is 8.72. The van der Waals surface area contributed by atoms with E-state index in [0.717, 1.165) is 10.6 Å². The Balaban J connectivity index is 1.83. The second kappa shape index (κ2) is 8.43. The van der Waals surface area contributed by atoms with Crippen LogP contribution in [0.15, 0.2) is 36.4 Å². The summed E-state index contributed by atoms with van der Waals surface area (Å²) in [6.45, 7) is 1.84. The molecule has 2 rings (SSSR count). The number of hydrogen-bond acceptors (Lipinski definition) is 4. The molecule has 3 N–H and O–H groups in total. The lowest BCUT2D eigenvalue weighted by Gasteiger charge is -2.17. The van der Waals surface area contributed by atoms with Crippen molar-refractivity contribution >= 4 is 39.7 Å². The van der Waals surface area contributed by atoms with Crippen LogP contribution in [0.1, 0.15) is 34.5 Å². The number of nitrogens with one attached hydrogen (secondary N) is 1. The minimum Gasteiger partial charge on any atom is -0.366 e. The van der Waals surface area contributed by atoms with Gasteiger partial charge < -0.3 is 16.0 Å². The predicted octanol–water partition coefficient (Wildman–Crippen LogP) is 2.93. The lowest BCUT2D eigenvalue weighted by molar-refractivity contribution is -0.118. The Hall–Kier alpha value is -2.67. The van der Waals surface area contributed by atoms with Crippen LogP contribution in [0.2, 0.25) is 0 Å². The molecule has 25 heavy (non-hydrogen) atoms. The number of amides is 3. The molecule has 0 radical (unpaired) electrons. The third-order valence-electron chi connectivity index (χ3n) is 3.69. The van der Waals surface area contributed by atoms with E-state index in [0.29, 0.717) is 17.0 Å². The summed E-state index contributed by atoms with van der Waals surface area (Å²) in [6, 6.07) is 11.0. The van der Waals surface area contributed by atoms with Gasteiger partial charge >= 0.3 is 0 Å². The summed E-state index contributed by atoms with van der Waals surface area (Å²) >= 11 is 1.31. The zero-order valence-corrected chi connectivity index (χ0v) is 15.1. The molecule has 2 aromatic rings. The largest absolute Gasteiger partial charge is 0.366 e. The molecule has 1 heterocycles. The molecular weight excluding hydrogens is 338 g/mol. The summed E-state index contributed by atoms with van der Waals surface area (Å²) in [5.41, 5.74) is 6.43. The third kappa shape index (κ3) is 5.15. The molecule has 0 atom stereocenters. The van der Waals surface area contributed by atoms with Gasteiger partial charge in [0.2, 0.25) is 11.8 Å². The van der Waals surface area contributed by atoms with E-state index in [1.807, 2.05) is 37.3 Å². The topological polar surface area (TPSA) is 92.5 Å². The Labute approximate surface area is 150 Å². The van der Waals surface area contributed by atoms with Crippen LogP contribution >= 0.6 is 11.3 Å². The normalized spacial score (nSPS) is 10.3. The highest BCUT2D eigenvalue weighted by molar-refractivity contribution is 7.16. The standard InChI is InChI=1S/C18H21N3O3S/c1-12-11-14(17(19)24)18(25-12)20-15(22)9-6-10-16(23)21(2)13-7-4-3-5-8-13/h3-5,7-8,11H,6,9-10H2,1-2H3,(H2,19,24)(H,20,22). The highest BCUT2D eigenvalue weighted by Crippen LogP contribution is 2.27. The van der Waals surface area contributed by atoms with Crippen LogP contribution in [0.4, 0.5) is 10.7 Å². The van der Waals surface area contributed by atoms with Crippen LogP contribution < -0.4 is 16.0 Å². The molecule has 0 aliphatic carbocycles. The van der Waals surface area contributed by atoms with Crippen molar-refractivity contribution in [1.29, 1.82) is 0 Å². The molecule has 0 unspecified atom stereocenters. The number of rotatable bonds is 7. The zero-order chi connectivity index (χ0) is 18.4. The number of anilines is 2. The summed E-state index contributed by atoms with van der Waals surface area (Å²) in [4.78, 5) is 38.0. The molecule has 0 spiro atoms. The van der Waals surface area contributed by atoms with Crippen LogP contribution in [-0.4, -0.2) is 24.8 Å². The van der Waals surface area contributed by atoms with Gasteiger partial charge in [0.25, 0.3) is 5.91 Å². The van der Waals surface area contributed by atoms with Crippen molar-refractivity contribution in [2.75, 3.05) is 17.3 Å². The van der Waals surface area contributed by atoms with Gasteiger partial charge in [-0.05, 0) is 31.5 Å². The molecule has 1 aromatic carbocycles. The van der Waals surface area contributed by atoms with Crippen molar-refractivity contribution in [1.82, 2.24) is 0 Å². The number of hydrogen-bond donors (Lipinski definition) is 2. The summed E-state index contributed by atoms with van der Waals surface area (Å²) in [6.07, 6.45) is 0.895. The van der Waals surface area contributed by atoms with E-state index in [1.54, 1.807) is 18.0 Å². The van der Waals surface area contributed by atoms with Gasteiger partial charge in [0.15, 0.2) is 0 Å². The number of benzene rings is 1. The number of para-hydroxylation sites is 1. The Kier molecular flexibility index (Phi) is 6.30. The van der Waals surface area contributed by atoms with Crippen molar-refractivity contribution in [2.24, 2.45) is 5.73 Å². The maximum absolute atomic E-state index is 12.2. The lowest BCUT2D eigenvalue weighted by atomic mass is 10.2. The maximum Gasteiger partial charge on any atom is 0.251 e. The van der Waals surface area contributed by atoms with Crippen LogP contribution in [0.25, 0.3) is 0 Å². The molecule has 0 fully saturated rings. The van der Waals surface area contributed by atoms with Gasteiger partial charge in [-0.1, -0.05) is 18.2 Å². The summed E-state index contributed by atoms with van der Waals surface area (Å²) in [7, 11) is 1.71. The molecule has 7 heteroatoms. The van der Waals surface area contributed by atoms with Crippen molar-refractivity contribution in [3.63, 3.8) is 0 Å². The SMILES string of the molecule is Cc1cc(C(N)=O)c(NC(=O)CCCC(=O)N(C)c2ccccc2)s1. The fraction of sp³-hybridized carbons (Fsp3) is 0.278. The highest BCUT2D eigenvalue weighted by atomic mass is 32.1. The van der Waals surface area contributed by atoms with Crippen molar-refractivity contribution < 1.29 is 14.4 Å². The van der Waals surface area contributed by atoms with Crippen LogP contribution in [0.5, 0.6) is 0 Å². The van der Waals surface area contributed by atoms with E-state index in [-0.39, 0.29) is 24.7 Å². The van der Waals surface area contributed by atoms with E-state index in [9.17, 15) is 14.4 Å². The number of carbonyl (C=O) groups is 3. The van der Waals surface area contributed by atoms with E-state index in [1.165, 1.54) is 11.3 Å². The van der Waals surface area contributed by atoms with Gasteiger partial charge in [0.05, 0.1) is 5.56 Å².